The van der Waals surface area contributed by atoms with Gasteiger partial charge in [0.1, 0.15) is 4.90 Å². The minimum absolute atomic E-state index is 0.0301. The highest BCUT2D eigenvalue weighted by molar-refractivity contribution is 9.10. The van der Waals surface area contributed by atoms with Crippen LogP contribution in [0.15, 0.2) is 51.8 Å². The molecule has 10 heteroatoms. The van der Waals surface area contributed by atoms with Gasteiger partial charge in [0.2, 0.25) is 0 Å². The maximum absolute atomic E-state index is 13.2. The first-order valence-corrected chi connectivity index (χ1v) is 9.80. The van der Waals surface area contributed by atoms with E-state index in [1.54, 1.807) is 0 Å². The van der Waals surface area contributed by atoms with Crippen LogP contribution in [0.4, 0.5) is 5.69 Å². The third-order valence-electron chi connectivity index (χ3n) is 3.60. The second kappa shape index (κ2) is 8.51. The molecule has 2 N–H and O–H groups in total. The van der Waals surface area contributed by atoms with Crippen molar-refractivity contribution in [2.24, 2.45) is 0 Å². The predicted octanol–water partition coefficient (Wildman–Crippen LogP) is 2.12. The molecule has 0 saturated heterocycles. The number of esters is 1. The van der Waals surface area contributed by atoms with Crippen molar-refractivity contribution < 1.29 is 33.0 Å². The smallest absolute Gasteiger partial charge is 0.337 e. The lowest BCUT2D eigenvalue weighted by atomic mass is 10.2. The Hall–Kier alpha value is -2.43. The van der Waals surface area contributed by atoms with Crippen molar-refractivity contribution in [1.82, 2.24) is 0 Å². The van der Waals surface area contributed by atoms with E-state index in [0.717, 1.165) is 10.4 Å². The molecule has 2 aromatic rings. The highest BCUT2D eigenvalue weighted by atomic mass is 79.9. The number of ether oxygens (including phenoxy) is 1. The zero-order chi connectivity index (χ0) is 20.2. The molecule has 0 radical (unpaired) electrons. The molecule has 0 heterocycles. The predicted molar refractivity (Wildman–Crippen MR) is 101 cm³/mol. The van der Waals surface area contributed by atoms with E-state index in [4.69, 9.17) is 5.11 Å². The van der Waals surface area contributed by atoms with Gasteiger partial charge in [0.15, 0.2) is 0 Å². The maximum atomic E-state index is 13.2. The normalized spacial score (nSPS) is 11.1. The number of anilines is 1. The Kier molecular flexibility index (Phi) is 6.58. The Labute approximate surface area is 164 Å². The zero-order valence-corrected chi connectivity index (χ0v) is 16.5. The maximum Gasteiger partial charge on any atom is 0.337 e. The number of rotatable bonds is 7. The molecule has 0 unspecified atom stereocenters. The Bertz CT molecular complexity index is 975. The first kappa shape index (κ1) is 20.9. The van der Waals surface area contributed by atoms with Crippen molar-refractivity contribution in [1.29, 1.82) is 0 Å². The molecule has 144 valence electrons. The molecule has 0 spiro atoms. The third-order valence-corrected chi connectivity index (χ3v) is 6.43. The second-order valence-electron chi connectivity index (χ2n) is 5.29. The fraction of sp³-hybridized carbons (Fsp3) is 0.176. The van der Waals surface area contributed by atoms with E-state index in [1.807, 2.05) is 0 Å². The molecule has 8 nitrogen and oxygen atoms in total. The van der Waals surface area contributed by atoms with Gasteiger partial charge in [-0.3, -0.25) is 4.31 Å². The van der Waals surface area contributed by atoms with Crippen molar-refractivity contribution in [3.05, 3.63) is 58.1 Å². The topological polar surface area (TPSA) is 121 Å². The molecule has 0 aliphatic carbocycles. The highest BCUT2D eigenvalue weighted by Gasteiger charge is 2.28. The van der Waals surface area contributed by atoms with E-state index >= 15 is 0 Å². The lowest BCUT2D eigenvalue weighted by Gasteiger charge is -2.24. The van der Waals surface area contributed by atoms with Crippen LogP contribution in [0.1, 0.15) is 20.7 Å². The van der Waals surface area contributed by atoms with Gasteiger partial charge in [0.25, 0.3) is 10.0 Å². The number of hydrogen-bond donors (Lipinski definition) is 2. The number of nitrogens with zero attached hydrogens (tertiary/aromatic N) is 1. The van der Waals surface area contributed by atoms with Crippen LogP contribution in [0.5, 0.6) is 0 Å². The van der Waals surface area contributed by atoms with Crippen molar-refractivity contribution in [3.63, 3.8) is 0 Å². The van der Waals surface area contributed by atoms with E-state index in [9.17, 15) is 23.1 Å². The Morgan fingerprint density at radius 1 is 1.15 bits per heavy atom. The second-order valence-corrected chi connectivity index (χ2v) is 7.98. The fourth-order valence-corrected chi connectivity index (χ4v) is 4.74. The van der Waals surface area contributed by atoms with Gasteiger partial charge in [-0.05, 0) is 52.3 Å². The molecule has 2 rings (SSSR count). The number of methoxy groups -OCH3 is 1. The first-order valence-electron chi connectivity index (χ1n) is 7.57. The molecule has 0 aromatic heterocycles. The highest BCUT2D eigenvalue weighted by Crippen LogP contribution is 2.30. The summed E-state index contributed by atoms with van der Waals surface area (Å²) in [5, 5.41) is 18.5. The van der Waals surface area contributed by atoms with Gasteiger partial charge in [0.05, 0.1) is 37.1 Å². The Morgan fingerprint density at radius 2 is 1.85 bits per heavy atom. The average Bonchev–Trinajstić information content (AvgIpc) is 2.65. The number of aromatic carboxylic acids is 1. The van der Waals surface area contributed by atoms with Gasteiger partial charge in [-0.1, -0.05) is 6.07 Å². The summed E-state index contributed by atoms with van der Waals surface area (Å²) in [6.45, 7) is -0.800. The average molecular weight is 458 g/mol. The lowest BCUT2D eigenvalue weighted by Crippen LogP contribution is -2.34. The summed E-state index contributed by atoms with van der Waals surface area (Å²) in [6.07, 6.45) is 0. The summed E-state index contributed by atoms with van der Waals surface area (Å²) in [4.78, 5) is 22.7. The van der Waals surface area contributed by atoms with Crippen LogP contribution in [-0.2, 0) is 14.8 Å². The quantitative estimate of drug-likeness (QED) is 0.610. The van der Waals surface area contributed by atoms with Crippen molar-refractivity contribution in [2.45, 2.75) is 4.90 Å². The van der Waals surface area contributed by atoms with E-state index in [0.29, 0.717) is 0 Å². The van der Waals surface area contributed by atoms with Crippen LogP contribution < -0.4 is 4.31 Å². The molecule has 0 bridgehead atoms. The van der Waals surface area contributed by atoms with Crippen LogP contribution in [0, 0.1) is 0 Å². The number of hydrogen-bond acceptors (Lipinski definition) is 6. The van der Waals surface area contributed by atoms with Crippen molar-refractivity contribution in [3.8, 4) is 0 Å². The number of carboxylic acid groups (broad SMARTS) is 1. The van der Waals surface area contributed by atoms with Gasteiger partial charge in [0, 0.05) is 4.47 Å². The number of aliphatic hydroxyl groups is 1. The number of aliphatic hydroxyl groups excluding tert-OH is 1. The van der Waals surface area contributed by atoms with Crippen LogP contribution in [0.3, 0.4) is 0 Å². The van der Waals surface area contributed by atoms with Gasteiger partial charge < -0.3 is 14.9 Å². The van der Waals surface area contributed by atoms with E-state index in [2.05, 4.69) is 20.7 Å². The summed E-state index contributed by atoms with van der Waals surface area (Å²) in [7, 11) is -3.05. The first-order chi connectivity index (χ1) is 12.7. The van der Waals surface area contributed by atoms with Gasteiger partial charge >= 0.3 is 11.9 Å². The molecule has 2 aromatic carbocycles. The molecule has 0 amide bonds. The third kappa shape index (κ3) is 4.46. The van der Waals surface area contributed by atoms with Gasteiger partial charge in [-0.2, -0.15) is 0 Å². The molecule has 27 heavy (non-hydrogen) atoms. The summed E-state index contributed by atoms with van der Waals surface area (Å²) in [6, 6.07) is 9.27. The number of carboxylic acids is 1. The minimum Gasteiger partial charge on any atom is -0.478 e. The van der Waals surface area contributed by atoms with Gasteiger partial charge in [-0.25, -0.2) is 18.0 Å². The van der Waals surface area contributed by atoms with E-state index in [1.165, 1.54) is 43.5 Å². The molecular weight excluding hydrogens is 442 g/mol. The monoisotopic (exact) mass is 457 g/mol. The van der Waals surface area contributed by atoms with Crippen LogP contribution in [0.25, 0.3) is 0 Å². The lowest BCUT2D eigenvalue weighted by molar-refractivity contribution is 0.0599. The minimum atomic E-state index is -4.23. The van der Waals surface area contributed by atoms with Gasteiger partial charge in [-0.15, -0.1) is 0 Å². The number of carbonyl (C=O) groups is 2. The molecule has 0 fully saturated rings. The van der Waals surface area contributed by atoms with Crippen LogP contribution >= 0.6 is 15.9 Å². The summed E-state index contributed by atoms with van der Waals surface area (Å²) < 4.78 is 32.0. The van der Waals surface area contributed by atoms with Crippen LogP contribution in [-0.4, -0.2) is 50.8 Å². The molecule has 0 saturated carbocycles. The SMILES string of the molecule is COC(=O)c1ccc(Br)c(S(=O)(=O)N(CCO)c2cccc(C(=O)O)c2)c1. The molecular formula is C17H16BrNO7S. The number of halogens is 1. The molecule has 0 aliphatic heterocycles. The summed E-state index contributed by atoms with van der Waals surface area (Å²) >= 11 is 3.15. The standard InChI is InChI=1S/C17H16BrNO7S/c1-26-17(23)12-5-6-14(18)15(10-12)27(24,25)19(7-8-20)13-4-2-3-11(9-13)16(21)22/h2-6,9-10,20H,7-8H2,1H3,(H,21,22). The fourth-order valence-electron chi connectivity index (χ4n) is 2.34. The summed E-state index contributed by atoms with van der Waals surface area (Å²) in [5.41, 5.74) is -0.00477. The number of sulfonamides is 1. The van der Waals surface area contributed by atoms with Crippen LogP contribution in [0.2, 0.25) is 0 Å². The Morgan fingerprint density at radius 3 is 2.44 bits per heavy atom. The number of carbonyl (C=O) groups excluding carboxylic acids is 1. The van der Waals surface area contributed by atoms with E-state index in [-0.39, 0.29) is 32.7 Å². The Balaban J connectivity index is 2.61. The van der Waals surface area contributed by atoms with E-state index < -0.39 is 28.6 Å². The van der Waals surface area contributed by atoms with Crippen molar-refractivity contribution >= 4 is 43.6 Å². The van der Waals surface area contributed by atoms with Crippen molar-refractivity contribution in [2.75, 3.05) is 24.6 Å². The molecule has 0 aliphatic rings. The molecule has 0 atom stereocenters. The largest absolute Gasteiger partial charge is 0.478 e. The number of benzene rings is 2. The zero-order valence-electron chi connectivity index (χ0n) is 14.1. The summed E-state index contributed by atoms with van der Waals surface area (Å²) in [5.74, 6) is -1.92.